The molecule has 0 fully saturated rings. The van der Waals surface area contributed by atoms with Gasteiger partial charge in [0.1, 0.15) is 23.7 Å². The Morgan fingerprint density at radius 1 is 1.29 bits per heavy atom. The van der Waals surface area contributed by atoms with Crippen LogP contribution < -0.4 is 10.1 Å². The Kier molecular flexibility index (Phi) is 5.10. The van der Waals surface area contributed by atoms with Gasteiger partial charge in [-0.2, -0.15) is 5.26 Å². The predicted molar refractivity (Wildman–Crippen MR) is 81.1 cm³/mol. The van der Waals surface area contributed by atoms with Gasteiger partial charge in [-0.25, -0.2) is 9.97 Å². The van der Waals surface area contributed by atoms with Gasteiger partial charge in [0.25, 0.3) is 0 Å². The molecule has 0 aliphatic carbocycles. The second-order valence-electron chi connectivity index (χ2n) is 4.69. The summed E-state index contributed by atoms with van der Waals surface area (Å²) in [5.74, 6) is 1.54. The molecule has 0 amide bonds. The zero-order valence-corrected chi connectivity index (χ0v) is 12.2. The smallest absolute Gasteiger partial charge is 0.158 e. The highest BCUT2D eigenvalue weighted by Crippen LogP contribution is 2.18. The maximum absolute atomic E-state index is 8.68. The van der Waals surface area contributed by atoms with E-state index in [9.17, 15) is 0 Å². The van der Waals surface area contributed by atoms with E-state index in [1.165, 1.54) is 6.20 Å². The first kappa shape index (κ1) is 14.8. The first-order chi connectivity index (χ1) is 10.2. The average Bonchev–Trinajstić information content (AvgIpc) is 2.53. The fourth-order valence-electron chi connectivity index (χ4n) is 1.83. The van der Waals surface area contributed by atoms with Crippen molar-refractivity contribution < 1.29 is 4.74 Å². The lowest BCUT2D eigenvalue weighted by Gasteiger charge is -2.19. The first-order valence-electron chi connectivity index (χ1n) is 6.91. The van der Waals surface area contributed by atoms with Crippen molar-refractivity contribution in [1.29, 1.82) is 5.26 Å². The van der Waals surface area contributed by atoms with Crippen LogP contribution in [0.4, 0.5) is 5.82 Å². The molecule has 1 heterocycles. The highest BCUT2D eigenvalue weighted by atomic mass is 16.5. The Labute approximate surface area is 124 Å². The number of nitrogens with zero attached hydrogens (tertiary/aromatic N) is 3. The van der Waals surface area contributed by atoms with E-state index in [1.54, 1.807) is 6.20 Å². The molecule has 5 nitrogen and oxygen atoms in total. The van der Waals surface area contributed by atoms with Gasteiger partial charge in [0.05, 0.1) is 18.9 Å². The van der Waals surface area contributed by atoms with E-state index >= 15 is 0 Å². The lowest BCUT2D eigenvalue weighted by atomic mass is 10.2. The molecule has 2 aromatic rings. The molecule has 2 rings (SSSR count). The Bertz CT molecular complexity index is 619. The number of rotatable bonds is 6. The van der Waals surface area contributed by atoms with E-state index in [4.69, 9.17) is 10.00 Å². The van der Waals surface area contributed by atoms with Crippen LogP contribution in [0.5, 0.6) is 5.75 Å². The van der Waals surface area contributed by atoms with Crippen molar-refractivity contribution in [1.82, 2.24) is 9.97 Å². The molecule has 21 heavy (non-hydrogen) atoms. The number of nitriles is 1. The molecule has 0 saturated carbocycles. The third kappa shape index (κ3) is 4.18. The molecule has 0 spiro atoms. The molecule has 1 atom stereocenters. The number of aromatic nitrogens is 2. The summed E-state index contributed by atoms with van der Waals surface area (Å²) in [6.07, 6.45) is 3.93. The van der Waals surface area contributed by atoms with Gasteiger partial charge in [-0.1, -0.05) is 25.1 Å². The van der Waals surface area contributed by atoms with E-state index in [2.05, 4.69) is 22.2 Å². The molecule has 0 bridgehead atoms. The highest BCUT2D eigenvalue weighted by molar-refractivity contribution is 5.34. The number of aryl methyl sites for hydroxylation is 1. The normalized spacial score (nSPS) is 11.5. The molecule has 1 aromatic heterocycles. The summed E-state index contributed by atoms with van der Waals surface area (Å²) < 4.78 is 6.00. The van der Waals surface area contributed by atoms with Gasteiger partial charge in [0.15, 0.2) is 5.69 Å². The van der Waals surface area contributed by atoms with Crippen LogP contribution in [0.3, 0.4) is 0 Å². The van der Waals surface area contributed by atoms with Crippen LogP contribution in [0.25, 0.3) is 0 Å². The average molecular weight is 282 g/mol. The van der Waals surface area contributed by atoms with Crippen LogP contribution in [0, 0.1) is 18.3 Å². The van der Waals surface area contributed by atoms with Crippen LogP contribution in [-0.2, 0) is 0 Å². The summed E-state index contributed by atoms with van der Waals surface area (Å²) >= 11 is 0. The summed E-state index contributed by atoms with van der Waals surface area (Å²) in [6.45, 7) is 4.74. The van der Waals surface area contributed by atoms with Crippen LogP contribution in [0.2, 0.25) is 0 Å². The third-order valence-electron chi connectivity index (χ3n) is 3.12. The quantitative estimate of drug-likeness (QED) is 0.882. The molecule has 108 valence electrons. The van der Waals surface area contributed by atoms with Crippen molar-refractivity contribution in [3.05, 3.63) is 47.9 Å². The number of para-hydroxylation sites is 1. The Hall–Kier alpha value is -2.61. The van der Waals surface area contributed by atoms with Crippen molar-refractivity contribution in [2.45, 2.75) is 26.4 Å². The minimum atomic E-state index is 0.0449. The van der Waals surface area contributed by atoms with Crippen LogP contribution >= 0.6 is 0 Å². The summed E-state index contributed by atoms with van der Waals surface area (Å²) in [5, 5.41) is 11.9. The molecule has 1 unspecified atom stereocenters. The standard InChI is InChI=1S/C16H18N4O/c1-3-14(21-15-7-5-4-6-12(15)2)10-20-16-11-18-13(8-17)9-19-16/h4-7,9,11,14H,3,10H2,1-2H3,(H,19,20). The third-order valence-corrected chi connectivity index (χ3v) is 3.12. The number of ether oxygens (including phenoxy) is 1. The van der Waals surface area contributed by atoms with Crippen LogP contribution in [0.15, 0.2) is 36.7 Å². The first-order valence-corrected chi connectivity index (χ1v) is 6.91. The van der Waals surface area contributed by atoms with Gasteiger partial charge in [-0.05, 0) is 25.0 Å². The minimum Gasteiger partial charge on any atom is -0.488 e. The zero-order chi connectivity index (χ0) is 15.1. The van der Waals surface area contributed by atoms with Crippen molar-refractivity contribution >= 4 is 5.82 Å². The Morgan fingerprint density at radius 3 is 2.71 bits per heavy atom. The van der Waals surface area contributed by atoms with E-state index in [-0.39, 0.29) is 6.10 Å². The number of hydrogen-bond acceptors (Lipinski definition) is 5. The summed E-state index contributed by atoms with van der Waals surface area (Å²) in [5.41, 5.74) is 1.43. The van der Waals surface area contributed by atoms with Crippen molar-refractivity contribution in [3.8, 4) is 11.8 Å². The highest BCUT2D eigenvalue weighted by Gasteiger charge is 2.10. The van der Waals surface area contributed by atoms with Gasteiger partial charge in [0, 0.05) is 0 Å². The van der Waals surface area contributed by atoms with E-state index in [0.29, 0.717) is 18.1 Å². The van der Waals surface area contributed by atoms with Gasteiger partial charge < -0.3 is 10.1 Å². The summed E-state index contributed by atoms with van der Waals surface area (Å²) in [7, 11) is 0. The van der Waals surface area contributed by atoms with Gasteiger partial charge in [0.2, 0.25) is 0 Å². The molecule has 0 aliphatic rings. The second-order valence-corrected chi connectivity index (χ2v) is 4.69. The number of benzene rings is 1. The topological polar surface area (TPSA) is 70.8 Å². The van der Waals surface area contributed by atoms with Gasteiger partial charge in [-0.3, -0.25) is 0 Å². The molecule has 0 radical (unpaired) electrons. The number of nitrogens with one attached hydrogen (secondary N) is 1. The summed E-state index contributed by atoms with van der Waals surface area (Å²) in [6, 6.07) is 9.90. The molecule has 5 heteroatoms. The van der Waals surface area contributed by atoms with E-state index in [0.717, 1.165) is 17.7 Å². The molecular formula is C16H18N4O. The van der Waals surface area contributed by atoms with Gasteiger partial charge >= 0.3 is 0 Å². The van der Waals surface area contributed by atoms with Crippen molar-refractivity contribution in [2.24, 2.45) is 0 Å². The summed E-state index contributed by atoms with van der Waals surface area (Å²) in [4.78, 5) is 8.10. The maximum atomic E-state index is 8.68. The largest absolute Gasteiger partial charge is 0.488 e. The second kappa shape index (κ2) is 7.25. The predicted octanol–water partition coefficient (Wildman–Crippen LogP) is 2.93. The zero-order valence-electron chi connectivity index (χ0n) is 12.2. The lowest BCUT2D eigenvalue weighted by molar-refractivity contribution is 0.208. The fraction of sp³-hybridized carbons (Fsp3) is 0.312. The molecule has 0 aliphatic heterocycles. The fourth-order valence-corrected chi connectivity index (χ4v) is 1.83. The number of anilines is 1. The van der Waals surface area contributed by atoms with Crippen molar-refractivity contribution in [3.63, 3.8) is 0 Å². The lowest BCUT2D eigenvalue weighted by Crippen LogP contribution is -2.26. The SMILES string of the molecule is CCC(CNc1cnc(C#N)cn1)Oc1ccccc1C. The minimum absolute atomic E-state index is 0.0449. The van der Waals surface area contributed by atoms with E-state index < -0.39 is 0 Å². The number of hydrogen-bond donors (Lipinski definition) is 1. The van der Waals surface area contributed by atoms with Crippen LogP contribution in [0.1, 0.15) is 24.6 Å². The maximum Gasteiger partial charge on any atom is 0.158 e. The molecular weight excluding hydrogens is 264 g/mol. The Morgan fingerprint density at radius 2 is 2.10 bits per heavy atom. The molecule has 1 N–H and O–H groups in total. The molecule has 0 saturated heterocycles. The monoisotopic (exact) mass is 282 g/mol. The van der Waals surface area contributed by atoms with Crippen molar-refractivity contribution in [2.75, 3.05) is 11.9 Å². The van der Waals surface area contributed by atoms with E-state index in [1.807, 2.05) is 37.3 Å². The van der Waals surface area contributed by atoms with Crippen LogP contribution in [-0.4, -0.2) is 22.6 Å². The Balaban J connectivity index is 1.93. The molecule has 1 aromatic carbocycles. The van der Waals surface area contributed by atoms with Gasteiger partial charge in [-0.15, -0.1) is 0 Å².